The van der Waals surface area contributed by atoms with Crippen molar-refractivity contribution in [1.29, 1.82) is 0 Å². The lowest BCUT2D eigenvalue weighted by molar-refractivity contribution is 0.473. The van der Waals surface area contributed by atoms with E-state index in [0.717, 1.165) is 29.3 Å². The van der Waals surface area contributed by atoms with Crippen LogP contribution in [0.5, 0.6) is 0 Å². The quantitative estimate of drug-likeness (QED) is 0.874. The number of benzene rings is 1. The Balaban J connectivity index is 2.48. The van der Waals surface area contributed by atoms with Gasteiger partial charge >= 0.3 is 0 Å². The van der Waals surface area contributed by atoms with Gasteiger partial charge in [-0.05, 0) is 42.9 Å². The van der Waals surface area contributed by atoms with Crippen molar-refractivity contribution in [3.05, 3.63) is 34.1 Å². The van der Waals surface area contributed by atoms with Gasteiger partial charge in [0.15, 0.2) is 0 Å². The van der Waals surface area contributed by atoms with Crippen LogP contribution in [-0.4, -0.2) is 6.04 Å². The van der Waals surface area contributed by atoms with Crippen molar-refractivity contribution < 1.29 is 4.39 Å². The highest BCUT2D eigenvalue weighted by atomic mass is 79.9. The molecule has 16 heavy (non-hydrogen) atoms. The first-order valence-corrected chi connectivity index (χ1v) is 6.48. The molecule has 0 heterocycles. The summed E-state index contributed by atoms with van der Waals surface area (Å²) in [6.07, 6.45) is 2.88. The molecule has 0 saturated carbocycles. The molecule has 0 spiro atoms. The number of aryl methyl sites for hydroxylation is 1. The molecular formula is C13H19BrFN. The van der Waals surface area contributed by atoms with Crippen molar-refractivity contribution in [2.75, 3.05) is 0 Å². The Morgan fingerprint density at radius 1 is 1.38 bits per heavy atom. The van der Waals surface area contributed by atoms with E-state index in [9.17, 15) is 4.39 Å². The monoisotopic (exact) mass is 287 g/mol. The number of halogens is 2. The van der Waals surface area contributed by atoms with Gasteiger partial charge in [0.2, 0.25) is 0 Å². The third-order valence-electron chi connectivity index (χ3n) is 2.57. The molecule has 0 aliphatic carbocycles. The van der Waals surface area contributed by atoms with E-state index in [1.54, 1.807) is 0 Å². The molecule has 1 unspecified atom stereocenters. The van der Waals surface area contributed by atoms with Crippen LogP contribution in [0, 0.1) is 11.7 Å². The molecule has 0 radical (unpaired) electrons. The van der Waals surface area contributed by atoms with Gasteiger partial charge < -0.3 is 5.73 Å². The summed E-state index contributed by atoms with van der Waals surface area (Å²) in [6, 6.07) is 5.05. The zero-order valence-corrected chi connectivity index (χ0v) is 11.4. The molecule has 2 N–H and O–H groups in total. The van der Waals surface area contributed by atoms with E-state index in [2.05, 4.69) is 29.8 Å². The average Bonchev–Trinajstić information content (AvgIpc) is 2.15. The van der Waals surface area contributed by atoms with Crippen molar-refractivity contribution in [3.8, 4) is 0 Å². The Labute approximate surface area is 105 Å². The molecule has 1 aromatic carbocycles. The summed E-state index contributed by atoms with van der Waals surface area (Å²) in [4.78, 5) is 0. The van der Waals surface area contributed by atoms with Gasteiger partial charge in [0.25, 0.3) is 0 Å². The van der Waals surface area contributed by atoms with Gasteiger partial charge in [0.05, 0.1) is 0 Å². The van der Waals surface area contributed by atoms with E-state index in [-0.39, 0.29) is 11.9 Å². The minimum absolute atomic E-state index is 0.206. The Bertz CT molecular complexity index is 339. The first kappa shape index (κ1) is 13.7. The normalized spacial score (nSPS) is 13.1. The van der Waals surface area contributed by atoms with E-state index >= 15 is 0 Å². The van der Waals surface area contributed by atoms with E-state index in [4.69, 9.17) is 5.73 Å². The predicted molar refractivity (Wildman–Crippen MR) is 69.9 cm³/mol. The fraction of sp³-hybridized carbons (Fsp3) is 0.538. The average molecular weight is 288 g/mol. The SMILES string of the molecule is CC(C)CC(N)CCc1ccc(F)cc1Br. The van der Waals surface area contributed by atoms with Gasteiger partial charge in [-0.1, -0.05) is 35.8 Å². The number of hydrogen-bond donors (Lipinski definition) is 1. The van der Waals surface area contributed by atoms with Crippen molar-refractivity contribution in [2.24, 2.45) is 11.7 Å². The molecular weight excluding hydrogens is 269 g/mol. The van der Waals surface area contributed by atoms with Gasteiger partial charge in [-0.15, -0.1) is 0 Å². The summed E-state index contributed by atoms with van der Waals surface area (Å²) < 4.78 is 13.7. The lowest BCUT2D eigenvalue weighted by Crippen LogP contribution is -2.22. The van der Waals surface area contributed by atoms with Crippen molar-refractivity contribution in [2.45, 2.75) is 39.2 Å². The largest absolute Gasteiger partial charge is 0.328 e. The maximum absolute atomic E-state index is 12.9. The van der Waals surface area contributed by atoms with Gasteiger partial charge in [0, 0.05) is 10.5 Å². The van der Waals surface area contributed by atoms with Crippen molar-refractivity contribution >= 4 is 15.9 Å². The third-order valence-corrected chi connectivity index (χ3v) is 3.31. The predicted octanol–water partition coefficient (Wildman–Crippen LogP) is 3.89. The third kappa shape index (κ3) is 4.62. The minimum atomic E-state index is -0.206. The molecule has 1 aromatic rings. The topological polar surface area (TPSA) is 26.0 Å². The van der Waals surface area contributed by atoms with Crippen molar-refractivity contribution in [1.82, 2.24) is 0 Å². The first-order chi connectivity index (χ1) is 7.49. The smallest absolute Gasteiger partial charge is 0.124 e. The summed E-state index contributed by atoms with van der Waals surface area (Å²) in [5, 5.41) is 0. The highest BCUT2D eigenvalue weighted by Crippen LogP contribution is 2.20. The molecule has 90 valence electrons. The van der Waals surface area contributed by atoms with Crippen LogP contribution in [0.2, 0.25) is 0 Å². The summed E-state index contributed by atoms with van der Waals surface area (Å²) >= 11 is 3.37. The zero-order valence-electron chi connectivity index (χ0n) is 9.84. The molecule has 0 saturated heterocycles. The van der Waals surface area contributed by atoms with Crippen LogP contribution in [0.3, 0.4) is 0 Å². The Kier molecular flexibility index (Phi) is 5.42. The molecule has 1 rings (SSSR count). The lowest BCUT2D eigenvalue weighted by atomic mass is 9.98. The minimum Gasteiger partial charge on any atom is -0.328 e. The van der Waals surface area contributed by atoms with Crippen molar-refractivity contribution in [3.63, 3.8) is 0 Å². The highest BCUT2D eigenvalue weighted by molar-refractivity contribution is 9.10. The van der Waals surface area contributed by atoms with Crippen LogP contribution in [0.15, 0.2) is 22.7 Å². The maximum Gasteiger partial charge on any atom is 0.124 e. The molecule has 3 heteroatoms. The fourth-order valence-corrected chi connectivity index (χ4v) is 2.34. The van der Waals surface area contributed by atoms with Gasteiger partial charge in [-0.3, -0.25) is 0 Å². The summed E-state index contributed by atoms with van der Waals surface area (Å²) in [5.41, 5.74) is 7.14. The number of nitrogens with two attached hydrogens (primary N) is 1. The molecule has 0 aliphatic rings. The summed E-state index contributed by atoms with van der Waals surface area (Å²) in [6.45, 7) is 4.35. The Hall–Kier alpha value is -0.410. The van der Waals surface area contributed by atoms with Crippen LogP contribution in [0.4, 0.5) is 4.39 Å². The Morgan fingerprint density at radius 2 is 2.06 bits per heavy atom. The van der Waals surface area contributed by atoms with Gasteiger partial charge in [0.1, 0.15) is 5.82 Å². The second-order valence-corrected chi connectivity index (χ2v) is 5.52. The van der Waals surface area contributed by atoms with Crippen LogP contribution >= 0.6 is 15.9 Å². The lowest BCUT2D eigenvalue weighted by Gasteiger charge is -2.14. The van der Waals surface area contributed by atoms with E-state index in [1.165, 1.54) is 12.1 Å². The van der Waals surface area contributed by atoms with Crippen LogP contribution in [0.1, 0.15) is 32.3 Å². The molecule has 0 aromatic heterocycles. The molecule has 1 nitrogen and oxygen atoms in total. The number of hydrogen-bond acceptors (Lipinski definition) is 1. The second kappa shape index (κ2) is 6.36. The van der Waals surface area contributed by atoms with E-state index < -0.39 is 0 Å². The molecule has 0 aliphatic heterocycles. The van der Waals surface area contributed by atoms with E-state index in [0.29, 0.717) is 5.92 Å². The fourth-order valence-electron chi connectivity index (χ4n) is 1.79. The molecule has 1 atom stereocenters. The highest BCUT2D eigenvalue weighted by Gasteiger charge is 2.07. The van der Waals surface area contributed by atoms with Crippen LogP contribution in [-0.2, 0) is 6.42 Å². The first-order valence-electron chi connectivity index (χ1n) is 5.68. The van der Waals surface area contributed by atoms with Gasteiger partial charge in [-0.25, -0.2) is 4.39 Å². The van der Waals surface area contributed by atoms with Crippen LogP contribution in [0.25, 0.3) is 0 Å². The molecule has 0 amide bonds. The second-order valence-electron chi connectivity index (χ2n) is 4.66. The number of rotatable bonds is 5. The maximum atomic E-state index is 12.9. The molecule has 0 bridgehead atoms. The Morgan fingerprint density at radius 3 is 2.62 bits per heavy atom. The zero-order chi connectivity index (χ0) is 12.1. The molecule has 0 fully saturated rings. The van der Waals surface area contributed by atoms with E-state index in [1.807, 2.05) is 6.07 Å². The van der Waals surface area contributed by atoms with Gasteiger partial charge in [-0.2, -0.15) is 0 Å². The van der Waals surface area contributed by atoms with Crippen LogP contribution < -0.4 is 5.73 Å². The summed E-state index contributed by atoms with van der Waals surface area (Å²) in [7, 11) is 0. The standard InChI is InChI=1S/C13H19BrFN/c1-9(2)7-12(16)6-4-10-3-5-11(15)8-13(10)14/h3,5,8-9,12H,4,6-7,16H2,1-2H3. The summed E-state index contributed by atoms with van der Waals surface area (Å²) in [5.74, 6) is 0.425.